The van der Waals surface area contributed by atoms with Gasteiger partial charge in [-0.25, -0.2) is 0 Å². The van der Waals surface area contributed by atoms with Gasteiger partial charge in [-0.2, -0.15) is 8.78 Å². The second-order valence-electron chi connectivity index (χ2n) is 4.43. The number of alkyl halides is 2. The molecule has 19 heavy (non-hydrogen) atoms. The monoisotopic (exact) mass is 271 g/mol. The van der Waals surface area contributed by atoms with Crippen molar-refractivity contribution in [3.05, 3.63) is 29.8 Å². The van der Waals surface area contributed by atoms with Crippen molar-refractivity contribution < 1.29 is 18.3 Å². The molecule has 0 aliphatic rings. The summed E-state index contributed by atoms with van der Waals surface area (Å²) in [4.78, 5) is 11.7. The predicted octanol–water partition coefficient (Wildman–Crippen LogP) is 3.34. The van der Waals surface area contributed by atoms with E-state index in [0.29, 0.717) is 6.54 Å². The minimum Gasteiger partial charge on any atom is -0.435 e. The van der Waals surface area contributed by atoms with Crippen LogP contribution in [0.1, 0.15) is 32.3 Å². The zero-order chi connectivity index (χ0) is 14.3. The summed E-state index contributed by atoms with van der Waals surface area (Å²) >= 11 is 0. The van der Waals surface area contributed by atoms with Crippen molar-refractivity contribution in [1.29, 1.82) is 0 Å². The number of hydrogen-bond donors (Lipinski definition) is 1. The van der Waals surface area contributed by atoms with Crippen molar-refractivity contribution in [3.63, 3.8) is 0 Å². The highest BCUT2D eigenvalue weighted by atomic mass is 19.3. The fraction of sp³-hybridized carbons (Fsp3) is 0.500. The number of amides is 1. The van der Waals surface area contributed by atoms with Crippen LogP contribution in [0.15, 0.2) is 24.3 Å². The fourth-order valence-corrected chi connectivity index (χ4v) is 1.76. The summed E-state index contributed by atoms with van der Waals surface area (Å²) in [6.45, 7) is 1.37. The van der Waals surface area contributed by atoms with E-state index < -0.39 is 6.61 Å². The molecule has 0 fully saturated rings. The van der Waals surface area contributed by atoms with Gasteiger partial charge in [0, 0.05) is 12.5 Å². The quantitative estimate of drug-likeness (QED) is 0.826. The molecule has 0 saturated heterocycles. The number of benzene rings is 1. The number of carbonyl (C=O) groups excluding carboxylic acids is 1. The molecule has 1 rings (SSSR count). The molecule has 0 aliphatic heterocycles. The summed E-state index contributed by atoms with van der Waals surface area (Å²) in [6, 6.07) is 6.33. The molecule has 106 valence electrons. The average Bonchev–Trinajstić information content (AvgIpc) is 2.36. The topological polar surface area (TPSA) is 38.3 Å². The van der Waals surface area contributed by atoms with Gasteiger partial charge in [-0.1, -0.05) is 32.4 Å². The Hall–Kier alpha value is -1.65. The van der Waals surface area contributed by atoms with E-state index in [1.807, 2.05) is 13.8 Å². The van der Waals surface area contributed by atoms with Gasteiger partial charge >= 0.3 is 6.61 Å². The molecule has 1 amide bonds. The molecule has 5 heteroatoms. The smallest absolute Gasteiger partial charge is 0.387 e. The number of hydrogen-bond acceptors (Lipinski definition) is 2. The second kappa shape index (κ2) is 7.71. The van der Waals surface area contributed by atoms with E-state index in [2.05, 4.69) is 10.1 Å². The van der Waals surface area contributed by atoms with Crippen LogP contribution >= 0.6 is 0 Å². The Morgan fingerprint density at radius 1 is 1.42 bits per heavy atom. The van der Waals surface area contributed by atoms with Crippen LogP contribution < -0.4 is 10.1 Å². The summed E-state index contributed by atoms with van der Waals surface area (Å²) in [5, 5.41) is 2.78. The lowest BCUT2D eigenvalue weighted by atomic mass is 10.1. The Balaban J connectivity index is 2.51. The summed E-state index contributed by atoms with van der Waals surface area (Å²) in [5.74, 6) is 0.0379. The molecule has 1 aromatic rings. The first-order chi connectivity index (χ1) is 9.02. The van der Waals surface area contributed by atoms with Crippen molar-refractivity contribution in [2.45, 2.75) is 39.8 Å². The van der Waals surface area contributed by atoms with Gasteiger partial charge in [0.15, 0.2) is 0 Å². The Labute approximate surface area is 112 Å². The van der Waals surface area contributed by atoms with Crippen LogP contribution in [0, 0.1) is 5.92 Å². The largest absolute Gasteiger partial charge is 0.435 e. The Morgan fingerprint density at radius 3 is 2.79 bits per heavy atom. The van der Waals surface area contributed by atoms with Gasteiger partial charge in [0.2, 0.25) is 5.91 Å². The highest BCUT2D eigenvalue weighted by Crippen LogP contribution is 2.16. The van der Waals surface area contributed by atoms with Gasteiger partial charge in [-0.3, -0.25) is 4.79 Å². The zero-order valence-corrected chi connectivity index (χ0v) is 11.2. The molecule has 1 aromatic carbocycles. The first kappa shape index (κ1) is 15.4. The van der Waals surface area contributed by atoms with Crippen molar-refractivity contribution in [2.24, 2.45) is 5.92 Å². The molecule has 0 aliphatic carbocycles. The van der Waals surface area contributed by atoms with Gasteiger partial charge in [0.05, 0.1) is 0 Å². The summed E-state index contributed by atoms with van der Waals surface area (Å²) < 4.78 is 28.4. The highest BCUT2D eigenvalue weighted by molar-refractivity contribution is 5.78. The van der Waals surface area contributed by atoms with Gasteiger partial charge in [-0.15, -0.1) is 0 Å². The standard InChI is InChI=1S/C14H19F2NO2/c1-3-5-10(2)13(18)17-9-11-6-4-7-12(8-11)19-14(15)16/h4,6-8,10,14H,3,5,9H2,1-2H3,(H,17,18). The van der Waals surface area contributed by atoms with E-state index in [9.17, 15) is 13.6 Å². The van der Waals surface area contributed by atoms with Crippen molar-refractivity contribution in [3.8, 4) is 5.75 Å². The Kier molecular flexibility index (Phi) is 6.25. The molecule has 0 aromatic heterocycles. The average molecular weight is 271 g/mol. The molecule has 0 spiro atoms. The van der Waals surface area contributed by atoms with E-state index in [1.165, 1.54) is 12.1 Å². The molecule has 1 N–H and O–H groups in total. The maximum absolute atomic E-state index is 12.1. The zero-order valence-electron chi connectivity index (χ0n) is 11.2. The third-order valence-electron chi connectivity index (χ3n) is 2.76. The maximum atomic E-state index is 12.1. The number of halogens is 2. The second-order valence-corrected chi connectivity index (χ2v) is 4.43. The molecule has 3 nitrogen and oxygen atoms in total. The van der Waals surface area contributed by atoms with E-state index >= 15 is 0 Å². The highest BCUT2D eigenvalue weighted by Gasteiger charge is 2.11. The number of rotatable bonds is 7. The van der Waals surface area contributed by atoms with Gasteiger partial charge in [0.1, 0.15) is 5.75 Å². The van der Waals surface area contributed by atoms with Crippen LogP contribution in [0.25, 0.3) is 0 Å². The lowest BCUT2D eigenvalue weighted by Gasteiger charge is -2.12. The third kappa shape index (κ3) is 5.68. The lowest BCUT2D eigenvalue weighted by Crippen LogP contribution is -2.28. The molecular formula is C14H19F2NO2. The number of nitrogens with one attached hydrogen (secondary N) is 1. The summed E-state index contributed by atoms with van der Waals surface area (Å²) in [5.41, 5.74) is 0.732. The molecular weight excluding hydrogens is 252 g/mol. The Bertz CT molecular complexity index is 410. The van der Waals surface area contributed by atoms with Crippen LogP contribution in [-0.2, 0) is 11.3 Å². The molecule has 0 bridgehead atoms. The first-order valence-electron chi connectivity index (χ1n) is 6.34. The third-order valence-corrected chi connectivity index (χ3v) is 2.76. The molecule has 1 atom stereocenters. The van der Waals surface area contributed by atoms with E-state index in [-0.39, 0.29) is 17.6 Å². The first-order valence-corrected chi connectivity index (χ1v) is 6.34. The van der Waals surface area contributed by atoms with E-state index in [0.717, 1.165) is 18.4 Å². The van der Waals surface area contributed by atoms with E-state index in [4.69, 9.17) is 0 Å². The van der Waals surface area contributed by atoms with Crippen LogP contribution in [0.5, 0.6) is 5.75 Å². The van der Waals surface area contributed by atoms with Crippen LogP contribution in [0.2, 0.25) is 0 Å². The maximum Gasteiger partial charge on any atom is 0.387 e. The number of ether oxygens (including phenoxy) is 1. The predicted molar refractivity (Wildman–Crippen MR) is 69.0 cm³/mol. The van der Waals surface area contributed by atoms with Crippen LogP contribution in [0.4, 0.5) is 8.78 Å². The molecule has 0 saturated carbocycles. The van der Waals surface area contributed by atoms with Crippen LogP contribution in [0.3, 0.4) is 0 Å². The Morgan fingerprint density at radius 2 is 2.16 bits per heavy atom. The molecule has 0 heterocycles. The van der Waals surface area contributed by atoms with Gasteiger partial charge in [-0.05, 0) is 24.1 Å². The van der Waals surface area contributed by atoms with Crippen LogP contribution in [-0.4, -0.2) is 12.5 Å². The minimum atomic E-state index is -2.84. The van der Waals surface area contributed by atoms with E-state index in [1.54, 1.807) is 12.1 Å². The summed E-state index contributed by atoms with van der Waals surface area (Å²) in [7, 11) is 0. The van der Waals surface area contributed by atoms with Gasteiger partial charge < -0.3 is 10.1 Å². The van der Waals surface area contributed by atoms with Crippen molar-refractivity contribution in [1.82, 2.24) is 5.32 Å². The SMILES string of the molecule is CCCC(C)C(=O)NCc1cccc(OC(F)F)c1. The normalized spacial score (nSPS) is 12.3. The summed E-state index contributed by atoms with van der Waals surface area (Å²) in [6.07, 6.45) is 1.78. The van der Waals surface area contributed by atoms with Gasteiger partial charge in [0.25, 0.3) is 0 Å². The fourth-order valence-electron chi connectivity index (χ4n) is 1.76. The lowest BCUT2D eigenvalue weighted by molar-refractivity contribution is -0.124. The minimum absolute atomic E-state index is 0.0259. The number of carbonyl (C=O) groups is 1. The van der Waals surface area contributed by atoms with Crippen molar-refractivity contribution >= 4 is 5.91 Å². The van der Waals surface area contributed by atoms with Crippen molar-refractivity contribution in [2.75, 3.05) is 0 Å². The molecule has 0 radical (unpaired) electrons. The molecule has 1 unspecified atom stereocenters.